The molecule has 21 heavy (non-hydrogen) atoms. The number of carbonyl (C=O) groups excluding carboxylic acids is 1. The highest BCUT2D eigenvalue weighted by Crippen LogP contribution is 2.35. The van der Waals surface area contributed by atoms with E-state index >= 15 is 0 Å². The molecule has 0 saturated heterocycles. The van der Waals surface area contributed by atoms with Crippen LogP contribution in [0.4, 0.5) is 11.4 Å². The van der Waals surface area contributed by atoms with Crippen LogP contribution in [-0.2, 0) is 6.42 Å². The average Bonchev–Trinajstić information content (AvgIpc) is 2.73. The molecule has 5 heteroatoms. The molecule has 3 rings (SSSR count). The molecule has 0 aromatic heterocycles. The lowest BCUT2D eigenvalue weighted by atomic mass is 10.1. The van der Waals surface area contributed by atoms with Crippen molar-refractivity contribution in [1.29, 1.82) is 0 Å². The van der Waals surface area contributed by atoms with Gasteiger partial charge in [-0.1, -0.05) is 15.9 Å². The maximum absolute atomic E-state index is 12.9. The van der Waals surface area contributed by atoms with E-state index in [-0.39, 0.29) is 11.9 Å². The van der Waals surface area contributed by atoms with Gasteiger partial charge in [-0.2, -0.15) is 0 Å². The van der Waals surface area contributed by atoms with Gasteiger partial charge in [-0.3, -0.25) is 4.79 Å². The van der Waals surface area contributed by atoms with Crippen molar-refractivity contribution in [3.63, 3.8) is 0 Å². The predicted molar refractivity (Wildman–Crippen MR) is 92.7 cm³/mol. The second-order valence-corrected chi connectivity index (χ2v) is 7.01. The van der Waals surface area contributed by atoms with E-state index in [1.165, 1.54) is 0 Å². The van der Waals surface area contributed by atoms with Crippen molar-refractivity contribution in [3.05, 3.63) is 56.5 Å². The van der Waals surface area contributed by atoms with Gasteiger partial charge < -0.3 is 10.6 Å². The summed E-state index contributed by atoms with van der Waals surface area (Å²) < 4.78 is 1.73. The quantitative estimate of drug-likeness (QED) is 0.710. The lowest BCUT2D eigenvalue weighted by Crippen LogP contribution is -2.35. The molecule has 1 aliphatic heterocycles. The molecule has 1 unspecified atom stereocenters. The molecule has 0 bridgehead atoms. The van der Waals surface area contributed by atoms with Gasteiger partial charge in [0.2, 0.25) is 0 Å². The van der Waals surface area contributed by atoms with Gasteiger partial charge in [0.05, 0.1) is 5.56 Å². The average molecular weight is 410 g/mol. The Bertz CT molecular complexity index is 730. The largest absolute Gasteiger partial charge is 0.399 e. The second kappa shape index (κ2) is 5.46. The third-order valence-electron chi connectivity index (χ3n) is 3.70. The minimum Gasteiger partial charge on any atom is -0.399 e. The molecular formula is C16H14Br2N2O. The van der Waals surface area contributed by atoms with Crippen LogP contribution in [0, 0.1) is 0 Å². The molecule has 1 heterocycles. The van der Waals surface area contributed by atoms with Crippen LogP contribution >= 0.6 is 31.9 Å². The van der Waals surface area contributed by atoms with Crippen LogP contribution in [0.25, 0.3) is 0 Å². The Hall–Kier alpha value is -1.33. The normalized spacial score (nSPS) is 16.9. The van der Waals surface area contributed by atoms with Gasteiger partial charge in [0, 0.05) is 26.4 Å². The second-order valence-electron chi connectivity index (χ2n) is 5.24. The summed E-state index contributed by atoms with van der Waals surface area (Å²) in [5, 5.41) is 0. The maximum atomic E-state index is 12.9. The van der Waals surface area contributed by atoms with Gasteiger partial charge in [-0.05, 0) is 71.2 Å². The van der Waals surface area contributed by atoms with Crippen molar-refractivity contribution in [2.75, 3.05) is 10.6 Å². The lowest BCUT2D eigenvalue weighted by molar-refractivity contribution is 0.0980. The van der Waals surface area contributed by atoms with Crippen LogP contribution in [0.3, 0.4) is 0 Å². The molecule has 0 fully saturated rings. The van der Waals surface area contributed by atoms with Crippen LogP contribution in [0.15, 0.2) is 45.3 Å². The summed E-state index contributed by atoms with van der Waals surface area (Å²) in [7, 11) is 0. The molecule has 0 radical (unpaired) electrons. The van der Waals surface area contributed by atoms with Gasteiger partial charge in [0.15, 0.2) is 0 Å². The van der Waals surface area contributed by atoms with Crippen LogP contribution in [0.1, 0.15) is 22.8 Å². The van der Waals surface area contributed by atoms with E-state index in [9.17, 15) is 4.79 Å². The van der Waals surface area contributed by atoms with Crippen LogP contribution in [0.5, 0.6) is 0 Å². The summed E-state index contributed by atoms with van der Waals surface area (Å²) >= 11 is 6.87. The first kappa shape index (κ1) is 14.6. The molecule has 1 atom stereocenters. The Morgan fingerprint density at radius 3 is 2.71 bits per heavy atom. The Morgan fingerprint density at radius 2 is 2.00 bits per heavy atom. The first-order chi connectivity index (χ1) is 9.97. The minimum atomic E-state index is 0.00500. The topological polar surface area (TPSA) is 46.3 Å². The van der Waals surface area contributed by atoms with Crippen molar-refractivity contribution in [2.45, 2.75) is 19.4 Å². The molecule has 2 aromatic rings. The summed E-state index contributed by atoms with van der Waals surface area (Å²) in [5.74, 6) is 0.00500. The van der Waals surface area contributed by atoms with Gasteiger partial charge in [0.25, 0.3) is 5.91 Å². The van der Waals surface area contributed by atoms with E-state index in [2.05, 4.69) is 38.8 Å². The number of rotatable bonds is 1. The monoisotopic (exact) mass is 408 g/mol. The number of hydrogen-bond donors (Lipinski definition) is 1. The Balaban J connectivity index is 2.03. The zero-order chi connectivity index (χ0) is 15.1. The van der Waals surface area contributed by atoms with Gasteiger partial charge >= 0.3 is 0 Å². The molecule has 2 aromatic carbocycles. The first-order valence-corrected chi connectivity index (χ1v) is 8.23. The number of nitrogen functional groups attached to an aromatic ring is 1. The van der Waals surface area contributed by atoms with Crippen molar-refractivity contribution < 1.29 is 4.79 Å². The lowest BCUT2D eigenvalue weighted by Gasteiger charge is -2.23. The summed E-state index contributed by atoms with van der Waals surface area (Å²) in [5.41, 5.74) is 9.32. The Labute approximate surface area is 140 Å². The van der Waals surface area contributed by atoms with Gasteiger partial charge in [0.1, 0.15) is 0 Å². The maximum Gasteiger partial charge on any atom is 0.259 e. The molecule has 1 aliphatic rings. The zero-order valence-electron chi connectivity index (χ0n) is 11.4. The zero-order valence-corrected chi connectivity index (χ0v) is 14.6. The summed E-state index contributed by atoms with van der Waals surface area (Å²) in [6.07, 6.45) is 0.834. The highest BCUT2D eigenvalue weighted by atomic mass is 79.9. The third kappa shape index (κ3) is 2.60. The number of nitrogens with zero attached hydrogens (tertiary/aromatic N) is 1. The SMILES string of the molecule is CC1Cc2cc(N)ccc2N1C(=O)c1ccc(Br)cc1Br. The molecular weight excluding hydrogens is 396 g/mol. The number of amides is 1. The van der Waals surface area contributed by atoms with Gasteiger partial charge in [-0.25, -0.2) is 0 Å². The number of carbonyl (C=O) groups is 1. The minimum absolute atomic E-state index is 0.00500. The van der Waals surface area contributed by atoms with E-state index in [1.54, 1.807) is 0 Å². The first-order valence-electron chi connectivity index (χ1n) is 6.64. The molecule has 0 spiro atoms. The van der Waals surface area contributed by atoms with Crippen molar-refractivity contribution in [3.8, 4) is 0 Å². The van der Waals surface area contributed by atoms with Crippen LogP contribution in [-0.4, -0.2) is 11.9 Å². The highest BCUT2D eigenvalue weighted by Gasteiger charge is 2.32. The fourth-order valence-electron chi connectivity index (χ4n) is 2.75. The van der Waals surface area contributed by atoms with Crippen molar-refractivity contribution >= 4 is 49.1 Å². The summed E-state index contributed by atoms with van der Waals surface area (Å²) in [6.45, 7) is 2.06. The fraction of sp³-hybridized carbons (Fsp3) is 0.188. The van der Waals surface area contributed by atoms with Crippen LogP contribution < -0.4 is 10.6 Å². The smallest absolute Gasteiger partial charge is 0.259 e. The highest BCUT2D eigenvalue weighted by molar-refractivity contribution is 9.11. The van der Waals surface area contributed by atoms with Gasteiger partial charge in [-0.15, -0.1) is 0 Å². The number of nitrogens with two attached hydrogens (primary N) is 1. The fourth-order valence-corrected chi connectivity index (χ4v) is 3.97. The summed E-state index contributed by atoms with van der Waals surface area (Å²) in [4.78, 5) is 14.7. The summed E-state index contributed by atoms with van der Waals surface area (Å²) in [6, 6.07) is 11.5. The van der Waals surface area contributed by atoms with Crippen molar-refractivity contribution in [1.82, 2.24) is 0 Å². The Morgan fingerprint density at radius 1 is 1.24 bits per heavy atom. The van der Waals surface area contributed by atoms with E-state index in [4.69, 9.17) is 5.73 Å². The molecule has 0 saturated carbocycles. The number of hydrogen-bond acceptors (Lipinski definition) is 2. The Kier molecular flexibility index (Phi) is 3.80. The molecule has 0 aliphatic carbocycles. The number of anilines is 2. The number of halogens is 2. The van der Waals surface area contributed by atoms with Crippen molar-refractivity contribution in [2.24, 2.45) is 0 Å². The molecule has 3 nitrogen and oxygen atoms in total. The third-order valence-corrected chi connectivity index (χ3v) is 4.85. The number of fused-ring (bicyclic) bond motifs is 1. The molecule has 2 N–H and O–H groups in total. The van der Waals surface area contributed by atoms with E-state index in [0.29, 0.717) is 5.56 Å². The molecule has 108 valence electrons. The van der Waals surface area contributed by atoms with Crippen LogP contribution in [0.2, 0.25) is 0 Å². The standard InChI is InChI=1S/C16H14Br2N2O/c1-9-6-10-7-12(19)3-5-15(10)20(9)16(21)13-4-2-11(17)8-14(13)18/h2-5,7-9H,6,19H2,1H3. The van der Waals surface area contributed by atoms with E-state index < -0.39 is 0 Å². The van der Waals surface area contributed by atoms with E-state index in [0.717, 1.165) is 32.3 Å². The molecule has 1 amide bonds. The van der Waals surface area contributed by atoms with E-state index in [1.807, 2.05) is 41.3 Å². The number of benzene rings is 2. The predicted octanol–water partition coefficient (Wildman–Crippen LogP) is 4.39.